The third-order valence-electron chi connectivity index (χ3n) is 5.61. The molecule has 1 heterocycles. The van der Waals surface area contributed by atoms with Gasteiger partial charge in [0, 0.05) is 23.2 Å². The second-order valence-corrected chi connectivity index (χ2v) is 10.6. The molecule has 4 aromatic rings. The van der Waals surface area contributed by atoms with Crippen molar-refractivity contribution >= 4 is 33.3 Å². The van der Waals surface area contributed by atoms with Crippen LogP contribution in [-0.4, -0.2) is 48.6 Å². The summed E-state index contributed by atoms with van der Waals surface area (Å²) in [5, 5.41) is 8.10. The largest absolute Gasteiger partial charge is 0.497 e. The highest BCUT2D eigenvalue weighted by Gasteiger charge is 2.26. The van der Waals surface area contributed by atoms with Gasteiger partial charge in [-0.1, -0.05) is 48.9 Å². The number of halogens is 1. The Morgan fingerprint density at radius 1 is 1.03 bits per heavy atom. The minimum Gasteiger partial charge on any atom is -0.497 e. The van der Waals surface area contributed by atoms with Gasteiger partial charge in [0.1, 0.15) is 11.6 Å². The molecule has 0 fully saturated rings. The maximum atomic E-state index is 13.3. The number of carbonyl (C=O) groups is 1. The van der Waals surface area contributed by atoms with Crippen LogP contribution in [0.2, 0.25) is 5.02 Å². The van der Waals surface area contributed by atoms with Crippen molar-refractivity contribution in [2.45, 2.75) is 18.2 Å². The van der Waals surface area contributed by atoms with Crippen LogP contribution in [0.5, 0.6) is 5.75 Å². The van der Waals surface area contributed by atoms with E-state index in [4.69, 9.17) is 16.3 Å². The van der Waals surface area contributed by atoms with Crippen LogP contribution in [0.25, 0.3) is 16.9 Å². The van der Waals surface area contributed by atoms with E-state index in [9.17, 15) is 13.2 Å². The Morgan fingerprint density at radius 2 is 1.70 bits per heavy atom. The minimum atomic E-state index is -3.90. The molecule has 37 heavy (non-hydrogen) atoms. The summed E-state index contributed by atoms with van der Waals surface area (Å²) in [5.74, 6) is 0.466. The van der Waals surface area contributed by atoms with E-state index in [2.05, 4.69) is 10.4 Å². The summed E-state index contributed by atoms with van der Waals surface area (Å²) < 4.78 is 34.5. The molecule has 0 aliphatic rings. The first-order valence-corrected chi connectivity index (χ1v) is 13.5. The zero-order valence-corrected chi connectivity index (χ0v) is 22.0. The van der Waals surface area contributed by atoms with E-state index in [0.29, 0.717) is 34.4 Å². The van der Waals surface area contributed by atoms with Gasteiger partial charge in [-0.05, 0) is 55.0 Å². The number of ether oxygens (including phenoxy) is 1. The van der Waals surface area contributed by atoms with E-state index < -0.39 is 15.9 Å². The van der Waals surface area contributed by atoms with Gasteiger partial charge in [0.15, 0.2) is 0 Å². The van der Waals surface area contributed by atoms with Gasteiger partial charge >= 0.3 is 0 Å². The smallest absolute Gasteiger partial charge is 0.243 e. The van der Waals surface area contributed by atoms with Crippen LogP contribution in [-0.2, 0) is 14.8 Å². The maximum Gasteiger partial charge on any atom is 0.243 e. The lowest BCUT2D eigenvalue weighted by Crippen LogP contribution is -2.38. The number of carbonyl (C=O) groups excluding carboxylic acids is 1. The highest BCUT2D eigenvalue weighted by molar-refractivity contribution is 7.89. The zero-order chi connectivity index (χ0) is 26.4. The lowest BCUT2D eigenvalue weighted by molar-refractivity contribution is -0.116. The Balaban J connectivity index is 1.62. The van der Waals surface area contributed by atoms with E-state index in [-0.39, 0.29) is 18.0 Å². The first-order valence-electron chi connectivity index (χ1n) is 11.7. The molecule has 0 spiro atoms. The number of aromatic nitrogens is 2. The molecule has 0 atom stereocenters. The van der Waals surface area contributed by atoms with Crippen molar-refractivity contribution in [1.29, 1.82) is 0 Å². The van der Waals surface area contributed by atoms with Crippen LogP contribution in [0.15, 0.2) is 89.8 Å². The summed E-state index contributed by atoms with van der Waals surface area (Å²) in [7, 11) is -2.39. The molecule has 0 radical (unpaired) electrons. The summed E-state index contributed by atoms with van der Waals surface area (Å²) in [6, 6.07) is 24.4. The number of amides is 1. The molecule has 0 aliphatic heterocycles. The standard InChI is InChI=1S/C27H27ClN4O4S/c1-3-17-31(37(34,35)24-15-13-23(36-2)14-16-24)19-27(33)29-26-18-25(20-7-5-4-6-8-20)30-32(26)22-11-9-21(28)10-12-22/h4-16,18H,3,17,19H2,1-2H3,(H,29,33). The summed E-state index contributed by atoms with van der Waals surface area (Å²) in [6.45, 7) is 1.69. The van der Waals surface area contributed by atoms with E-state index in [1.54, 1.807) is 47.1 Å². The first-order chi connectivity index (χ1) is 17.8. The summed E-state index contributed by atoms with van der Waals surface area (Å²) >= 11 is 6.05. The van der Waals surface area contributed by atoms with Crippen LogP contribution in [0.4, 0.5) is 5.82 Å². The molecule has 0 bridgehead atoms. The molecule has 1 N–H and O–H groups in total. The van der Waals surface area contributed by atoms with Crippen molar-refractivity contribution in [3.8, 4) is 22.7 Å². The normalized spacial score (nSPS) is 11.5. The summed E-state index contributed by atoms with van der Waals surface area (Å²) in [6.07, 6.45) is 0.545. The molecular weight excluding hydrogens is 512 g/mol. The van der Waals surface area contributed by atoms with Crippen molar-refractivity contribution in [2.75, 3.05) is 25.5 Å². The van der Waals surface area contributed by atoms with E-state index in [0.717, 1.165) is 5.56 Å². The average molecular weight is 539 g/mol. The van der Waals surface area contributed by atoms with Gasteiger partial charge in [0.25, 0.3) is 0 Å². The predicted molar refractivity (Wildman–Crippen MR) is 145 cm³/mol. The fraction of sp³-hybridized carbons (Fsp3) is 0.185. The third-order valence-corrected chi connectivity index (χ3v) is 7.72. The van der Waals surface area contributed by atoms with Crippen molar-refractivity contribution in [1.82, 2.24) is 14.1 Å². The van der Waals surface area contributed by atoms with Crippen molar-refractivity contribution in [2.24, 2.45) is 0 Å². The first kappa shape index (κ1) is 26.4. The van der Waals surface area contributed by atoms with Crippen LogP contribution >= 0.6 is 11.6 Å². The van der Waals surface area contributed by atoms with Crippen molar-refractivity contribution in [3.05, 3.63) is 90.0 Å². The Hall–Kier alpha value is -3.66. The SMILES string of the molecule is CCCN(CC(=O)Nc1cc(-c2ccccc2)nn1-c1ccc(Cl)cc1)S(=O)(=O)c1ccc(OC)cc1. The topological polar surface area (TPSA) is 93.5 Å². The monoisotopic (exact) mass is 538 g/mol. The predicted octanol–water partition coefficient (Wildman–Crippen LogP) is 5.24. The second-order valence-electron chi connectivity index (χ2n) is 8.23. The van der Waals surface area contributed by atoms with Crippen LogP contribution in [0.3, 0.4) is 0 Å². The van der Waals surface area contributed by atoms with Crippen LogP contribution in [0.1, 0.15) is 13.3 Å². The fourth-order valence-electron chi connectivity index (χ4n) is 3.77. The Morgan fingerprint density at radius 3 is 2.32 bits per heavy atom. The number of hydrogen-bond acceptors (Lipinski definition) is 5. The van der Waals surface area contributed by atoms with E-state index in [1.165, 1.54) is 23.5 Å². The number of rotatable bonds is 10. The zero-order valence-electron chi connectivity index (χ0n) is 20.5. The highest BCUT2D eigenvalue weighted by atomic mass is 35.5. The van der Waals surface area contributed by atoms with Crippen molar-refractivity contribution in [3.63, 3.8) is 0 Å². The number of methoxy groups -OCH3 is 1. The number of nitrogens with one attached hydrogen (secondary N) is 1. The summed E-state index contributed by atoms with van der Waals surface area (Å²) in [5.41, 5.74) is 2.22. The molecule has 3 aromatic carbocycles. The summed E-state index contributed by atoms with van der Waals surface area (Å²) in [4.78, 5) is 13.3. The molecule has 0 aliphatic carbocycles. The molecule has 1 aromatic heterocycles. The Bertz CT molecular complexity index is 1450. The van der Waals surface area contributed by atoms with Crippen LogP contribution in [0, 0.1) is 0 Å². The van der Waals surface area contributed by atoms with Gasteiger partial charge in [-0.15, -0.1) is 0 Å². The lowest BCUT2D eigenvalue weighted by atomic mass is 10.2. The number of anilines is 1. The Labute approximate surface area is 221 Å². The van der Waals surface area contributed by atoms with Crippen LogP contribution < -0.4 is 10.1 Å². The molecular formula is C27H27ClN4O4S. The molecule has 8 nitrogen and oxygen atoms in total. The number of sulfonamides is 1. The van der Waals surface area contributed by atoms with Gasteiger partial charge in [0.05, 0.1) is 29.9 Å². The molecule has 0 saturated heterocycles. The fourth-order valence-corrected chi connectivity index (χ4v) is 5.39. The van der Waals surface area contributed by atoms with Crippen molar-refractivity contribution < 1.29 is 17.9 Å². The second kappa shape index (κ2) is 11.6. The third kappa shape index (κ3) is 6.19. The van der Waals surface area contributed by atoms with Gasteiger partial charge in [-0.2, -0.15) is 9.40 Å². The highest BCUT2D eigenvalue weighted by Crippen LogP contribution is 2.26. The number of benzene rings is 3. The van der Waals surface area contributed by atoms with Gasteiger partial charge < -0.3 is 10.1 Å². The molecule has 0 unspecified atom stereocenters. The number of nitrogens with zero attached hydrogens (tertiary/aromatic N) is 3. The molecule has 1 amide bonds. The molecule has 4 rings (SSSR count). The number of hydrogen-bond donors (Lipinski definition) is 1. The van der Waals surface area contributed by atoms with E-state index >= 15 is 0 Å². The van der Waals surface area contributed by atoms with Gasteiger partial charge in [-0.3, -0.25) is 4.79 Å². The van der Waals surface area contributed by atoms with E-state index in [1.807, 2.05) is 37.3 Å². The molecule has 10 heteroatoms. The van der Waals surface area contributed by atoms with Gasteiger partial charge in [-0.25, -0.2) is 13.1 Å². The minimum absolute atomic E-state index is 0.0899. The molecule has 192 valence electrons. The molecule has 0 saturated carbocycles. The van der Waals surface area contributed by atoms with Gasteiger partial charge in [0.2, 0.25) is 15.9 Å². The quantitative estimate of drug-likeness (QED) is 0.298. The lowest BCUT2D eigenvalue weighted by Gasteiger charge is -2.21. The maximum absolute atomic E-state index is 13.3. The Kier molecular flexibility index (Phi) is 8.27. The average Bonchev–Trinajstić information content (AvgIpc) is 3.33.